The Hall–Kier alpha value is 0.540. The molecular weight excluding hydrogens is 399 g/mol. The van der Waals surface area contributed by atoms with E-state index in [1.54, 1.807) is 0 Å². The predicted molar refractivity (Wildman–Crippen MR) is 83.3 cm³/mol. The van der Waals surface area contributed by atoms with Crippen molar-refractivity contribution in [3.63, 3.8) is 0 Å². The van der Waals surface area contributed by atoms with Crippen LogP contribution in [0.25, 0.3) is 0 Å². The Balaban J connectivity index is 0. The summed E-state index contributed by atoms with van der Waals surface area (Å²) in [7, 11) is 0. The number of rotatable bonds is 1. The second kappa shape index (κ2) is 16.6. The van der Waals surface area contributed by atoms with Gasteiger partial charge in [0.25, 0.3) is 0 Å². The molecule has 0 atom stereocenters. The molecule has 2 saturated carbocycles. The van der Waals surface area contributed by atoms with Gasteiger partial charge in [0.15, 0.2) is 0 Å². The van der Waals surface area contributed by atoms with Crippen LogP contribution in [-0.4, -0.2) is 6.04 Å². The molecule has 0 radical (unpaired) electrons. The van der Waals surface area contributed by atoms with E-state index in [1.165, 1.54) is 57.8 Å². The fraction of sp³-hybridized carbons (Fsp3) is 0.824. The third-order valence-electron chi connectivity index (χ3n) is 3.27. The van der Waals surface area contributed by atoms with Crippen molar-refractivity contribution in [1.82, 2.24) is 0 Å². The van der Waals surface area contributed by atoms with Crippen molar-refractivity contribution in [1.29, 1.82) is 0 Å². The van der Waals surface area contributed by atoms with E-state index in [4.69, 9.17) is 0 Å². The van der Waals surface area contributed by atoms with Gasteiger partial charge in [-0.05, 0) is 5.92 Å². The van der Waals surface area contributed by atoms with E-state index in [9.17, 15) is 0 Å². The van der Waals surface area contributed by atoms with Gasteiger partial charge < -0.3 is 20.3 Å². The molecule has 2 aliphatic rings. The first kappa shape index (κ1) is 21.8. The maximum Gasteiger partial charge on any atom is -0.0491 e. The minimum Gasteiger partial charge on any atom is -0.358 e. The molecule has 1 nitrogen and oxygen atoms in total. The third kappa shape index (κ3) is 18.5. The molecule has 0 aromatic heterocycles. The van der Waals surface area contributed by atoms with E-state index < -0.39 is 0 Å². The van der Waals surface area contributed by atoms with Gasteiger partial charge in [-0.25, -0.2) is 0 Å². The number of hydrogen-bond acceptors (Lipinski definition) is 1. The molecule has 0 bridgehead atoms. The van der Waals surface area contributed by atoms with Crippen LogP contribution in [0.4, 0.5) is 0 Å². The molecule has 0 unspecified atom stereocenters. The van der Waals surface area contributed by atoms with E-state index in [0.717, 1.165) is 26.8 Å². The monoisotopic (exact) mass is 433 g/mol. The minimum absolute atomic E-state index is 0. The van der Waals surface area contributed by atoms with Gasteiger partial charge in [0.05, 0.1) is 0 Å². The van der Waals surface area contributed by atoms with E-state index >= 15 is 0 Å². The van der Waals surface area contributed by atoms with Crippen molar-refractivity contribution in [2.75, 3.05) is 0 Å². The Kier molecular flexibility index (Phi) is 19.1. The van der Waals surface area contributed by atoms with Crippen LogP contribution >= 0.6 is 0 Å². The second-order valence-corrected chi connectivity index (χ2v) is 6.51. The second-order valence-electron chi connectivity index (χ2n) is 5.68. The molecule has 2 rings (SSSR count). The zero-order valence-corrected chi connectivity index (χ0v) is 16.8. The van der Waals surface area contributed by atoms with Crippen LogP contribution in [0.2, 0.25) is 0 Å². The third-order valence-corrected chi connectivity index (χ3v) is 4.93. The Bertz CT molecular complexity index is 159. The molecule has 0 aromatic carbocycles. The van der Waals surface area contributed by atoms with E-state index in [2.05, 4.69) is 37.0 Å². The van der Waals surface area contributed by atoms with Gasteiger partial charge in [0, 0.05) is 0 Å². The van der Waals surface area contributed by atoms with Crippen LogP contribution < -0.4 is 0 Å². The SMILES string of the molecule is CC(C)[N]=[Ta].CC1CC[CH-]CC1.[CH-]1CCCCC1.[CH3-]. The van der Waals surface area contributed by atoms with Crippen LogP contribution in [0, 0.1) is 26.2 Å². The zero-order valence-electron chi connectivity index (χ0n) is 13.6. The summed E-state index contributed by atoms with van der Waals surface area (Å²) in [5.41, 5.74) is 0. The van der Waals surface area contributed by atoms with Gasteiger partial charge in [0.2, 0.25) is 0 Å². The summed E-state index contributed by atoms with van der Waals surface area (Å²) in [5, 5.41) is 0. The molecule has 0 aliphatic heterocycles. The fourth-order valence-corrected chi connectivity index (χ4v) is 1.99. The Morgan fingerprint density at radius 2 is 1.37 bits per heavy atom. The fourth-order valence-electron chi connectivity index (χ4n) is 1.99. The molecule has 2 aliphatic carbocycles. The molecule has 0 N–H and O–H groups in total. The first-order valence-corrected chi connectivity index (χ1v) is 9.08. The largest absolute Gasteiger partial charge is 0.358 e. The molecular formula is C17H34NTa-3. The van der Waals surface area contributed by atoms with Crippen LogP contribution in [-0.2, 0) is 20.9 Å². The van der Waals surface area contributed by atoms with Crippen molar-refractivity contribution in [2.24, 2.45) is 9.26 Å². The zero-order chi connectivity index (χ0) is 13.6. The molecule has 19 heavy (non-hydrogen) atoms. The first-order valence-electron chi connectivity index (χ1n) is 7.64. The summed E-state index contributed by atoms with van der Waals surface area (Å²) in [5.74, 6) is 1.00. The van der Waals surface area contributed by atoms with Gasteiger partial charge in [-0.2, -0.15) is 25.7 Å². The summed E-state index contributed by atoms with van der Waals surface area (Å²) in [6, 6.07) is 0.559. The Morgan fingerprint density at radius 1 is 0.947 bits per heavy atom. The summed E-state index contributed by atoms with van der Waals surface area (Å²) in [6.45, 7) is 6.51. The van der Waals surface area contributed by atoms with Crippen molar-refractivity contribution in [3.05, 3.63) is 20.3 Å². The van der Waals surface area contributed by atoms with Crippen LogP contribution in [0.3, 0.4) is 0 Å². The smallest absolute Gasteiger partial charge is 0.0491 e. The first-order chi connectivity index (χ1) is 8.66. The van der Waals surface area contributed by atoms with Gasteiger partial charge in [0.1, 0.15) is 0 Å². The average molecular weight is 433 g/mol. The Morgan fingerprint density at radius 3 is 1.53 bits per heavy atom. The molecule has 2 heteroatoms. The topological polar surface area (TPSA) is 12.4 Å². The van der Waals surface area contributed by atoms with Crippen molar-refractivity contribution in [2.45, 2.75) is 84.6 Å². The van der Waals surface area contributed by atoms with E-state index in [1.807, 2.05) is 0 Å². The molecule has 115 valence electrons. The summed E-state index contributed by atoms with van der Waals surface area (Å²) >= 11 is 1.16. The normalized spacial score (nSPS) is 19.1. The molecule has 0 saturated heterocycles. The van der Waals surface area contributed by atoms with E-state index in [0.29, 0.717) is 6.04 Å². The summed E-state index contributed by atoms with van der Waals surface area (Å²) in [6.07, 6.45) is 17.5. The minimum atomic E-state index is 0. The van der Waals surface area contributed by atoms with Crippen molar-refractivity contribution < 1.29 is 20.9 Å². The Labute approximate surface area is 135 Å². The predicted octanol–water partition coefficient (Wildman–Crippen LogP) is 6.13. The maximum atomic E-state index is 4.00. The van der Waals surface area contributed by atoms with Gasteiger partial charge in [-0.3, -0.25) is 0 Å². The number of hydrogen-bond donors (Lipinski definition) is 0. The van der Waals surface area contributed by atoms with E-state index in [-0.39, 0.29) is 7.43 Å². The molecule has 0 amide bonds. The standard InChI is InChI=1S/C7H13.C6H11.C3H7N.CH3.Ta/c1-7-5-3-2-4-6-7;1-2-4-6-5-3-1;1-3(2)4;;/h2,7H,3-6H2,1H3;1H,2-6H2;3H,1-2H3;1H3;/q2*-1;;-1;. The van der Waals surface area contributed by atoms with Crippen molar-refractivity contribution in [3.8, 4) is 0 Å². The van der Waals surface area contributed by atoms with Crippen LogP contribution in [0.15, 0.2) is 3.34 Å². The van der Waals surface area contributed by atoms with Crippen LogP contribution in [0.1, 0.15) is 78.6 Å². The van der Waals surface area contributed by atoms with Gasteiger partial charge >= 0.3 is 44.1 Å². The molecule has 0 spiro atoms. The molecule has 0 aromatic rings. The average Bonchev–Trinajstić information content (AvgIpc) is 2.43. The quantitative estimate of drug-likeness (QED) is 0.441. The maximum absolute atomic E-state index is 4.00. The molecule has 0 heterocycles. The molecule has 2 fully saturated rings. The number of nitrogens with zero attached hydrogens (tertiary/aromatic N) is 1. The van der Waals surface area contributed by atoms with Gasteiger partial charge in [-0.1, -0.05) is 39.0 Å². The van der Waals surface area contributed by atoms with Gasteiger partial charge in [-0.15, -0.1) is 0 Å². The summed E-state index contributed by atoms with van der Waals surface area (Å²) < 4.78 is 4.00. The van der Waals surface area contributed by atoms with Crippen LogP contribution in [0.5, 0.6) is 0 Å². The van der Waals surface area contributed by atoms with Crippen molar-refractivity contribution >= 4 is 0 Å². The summed E-state index contributed by atoms with van der Waals surface area (Å²) in [4.78, 5) is 0.